The zero-order valence-corrected chi connectivity index (χ0v) is 23.2. The lowest BCUT2D eigenvalue weighted by atomic mass is 9.95. The molecule has 6 nitrogen and oxygen atoms in total. The summed E-state index contributed by atoms with van der Waals surface area (Å²) in [5, 5.41) is 24.1. The van der Waals surface area contributed by atoms with Crippen LogP contribution in [0, 0.1) is 6.92 Å². The van der Waals surface area contributed by atoms with E-state index in [1.807, 2.05) is 60.4 Å². The second kappa shape index (κ2) is 12.5. The highest BCUT2D eigenvalue weighted by molar-refractivity contribution is 6.40. The van der Waals surface area contributed by atoms with E-state index in [0.29, 0.717) is 37.4 Å². The van der Waals surface area contributed by atoms with Crippen LogP contribution in [0.15, 0.2) is 54.6 Å². The van der Waals surface area contributed by atoms with Crippen molar-refractivity contribution in [3.05, 3.63) is 103 Å². The van der Waals surface area contributed by atoms with E-state index in [1.165, 1.54) is 0 Å². The lowest BCUT2D eigenvalue weighted by Gasteiger charge is -2.33. The first-order valence-electron chi connectivity index (χ1n) is 12.4. The van der Waals surface area contributed by atoms with Gasteiger partial charge in [0.1, 0.15) is 12.3 Å². The molecule has 0 aromatic heterocycles. The molecule has 38 heavy (non-hydrogen) atoms. The highest BCUT2D eigenvalue weighted by Crippen LogP contribution is 2.35. The molecule has 0 fully saturated rings. The van der Waals surface area contributed by atoms with Gasteiger partial charge in [-0.1, -0.05) is 76.8 Å². The van der Waals surface area contributed by atoms with Crippen molar-refractivity contribution in [3.8, 4) is 0 Å². The van der Waals surface area contributed by atoms with Crippen LogP contribution >= 0.6 is 34.8 Å². The fraction of sp³-hybridized carbons (Fsp3) is 0.310. The molecular formula is C29H29Cl3N2O4. The maximum absolute atomic E-state index is 13.2. The molecule has 4 rings (SSSR count). The Bertz CT molecular complexity index is 1330. The molecule has 0 saturated heterocycles. The fourth-order valence-electron chi connectivity index (χ4n) is 4.77. The Balaban J connectivity index is 1.45. The lowest BCUT2D eigenvalue weighted by molar-refractivity contribution is -0.139. The Labute approximate surface area is 237 Å². The molecule has 0 aliphatic carbocycles. The Hall–Kier alpha value is -2.61. The first kappa shape index (κ1) is 28.4. The summed E-state index contributed by atoms with van der Waals surface area (Å²) in [7, 11) is 0. The van der Waals surface area contributed by atoms with Gasteiger partial charge < -0.3 is 15.5 Å². The van der Waals surface area contributed by atoms with Crippen molar-refractivity contribution in [1.82, 2.24) is 10.2 Å². The molecule has 1 unspecified atom stereocenters. The van der Waals surface area contributed by atoms with Gasteiger partial charge in [-0.05, 0) is 66.6 Å². The van der Waals surface area contributed by atoms with Crippen molar-refractivity contribution in [3.63, 3.8) is 0 Å². The number of benzene rings is 3. The number of aryl methyl sites for hydroxylation is 2. The number of nitrogens with one attached hydrogen (secondary N) is 1. The van der Waals surface area contributed by atoms with E-state index in [-0.39, 0.29) is 22.0 Å². The van der Waals surface area contributed by atoms with Gasteiger partial charge in [-0.25, -0.2) is 4.79 Å². The van der Waals surface area contributed by atoms with E-state index < -0.39 is 24.1 Å². The number of amides is 1. The van der Waals surface area contributed by atoms with Gasteiger partial charge in [-0.15, -0.1) is 0 Å². The topological polar surface area (TPSA) is 89.9 Å². The fourth-order valence-corrected chi connectivity index (χ4v) is 5.66. The van der Waals surface area contributed by atoms with Crippen LogP contribution in [0.1, 0.15) is 44.6 Å². The van der Waals surface area contributed by atoms with E-state index in [4.69, 9.17) is 34.8 Å². The van der Waals surface area contributed by atoms with Gasteiger partial charge in [0.2, 0.25) is 0 Å². The van der Waals surface area contributed by atoms with Crippen molar-refractivity contribution >= 4 is 46.7 Å². The third-order valence-corrected chi connectivity index (χ3v) is 7.78. The highest BCUT2D eigenvalue weighted by atomic mass is 35.5. The smallest absolute Gasteiger partial charge is 0.326 e. The molecule has 2 atom stereocenters. The summed E-state index contributed by atoms with van der Waals surface area (Å²) in [6, 6.07) is 15.6. The normalized spacial score (nSPS) is 15.0. The van der Waals surface area contributed by atoms with Crippen LogP contribution in [0.4, 0.5) is 0 Å². The van der Waals surface area contributed by atoms with Crippen LogP contribution < -0.4 is 5.32 Å². The van der Waals surface area contributed by atoms with Crippen LogP contribution in [0.3, 0.4) is 0 Å². The third kappa shape index (κ3) is 6.87. The number of carboxylic acids is 1. The van der Waals surface area contributed by atoms with E-state index in [0.717, 1.165) is 27.8 Å². The number of aliphatic hydroxyl groups is 1. The number of carbonyl (C=O) groups is 2. The molecule has 0 spiro atoms. The summed E-state index contributed by atoms with van der Waals surface area (Å²) in [6.07, 6.45) is 1.25. The van der Waals surface area contributed by atoms with Crippen LogP contribution in [-0.4, -0.2) is 45.8 Å². The molecule has 1 aliphatic rings. The number of carbonyl (C=O) groups excluding carboxylic acids is 1. The minimum atomic E-state index is -1.15. The Morgan fingerprint density at radius 3 is 2.47 bits per heavy atom. The molecule has 3 aromatic rings. The second-order valence-corrected chi connectivity index (χ2v) is 10.8. The number of halogens is 3. The molecule has 3 N–H and O–H groups in total. The number of aliphatic carboxylic acids is 1. The van der Waals surface area contributed by atoms with Crippen molar-refractivity contribution in [2.75, 3.05) is 6.54 Å². The number of nitrogens with zero attached hydrogens (tertiary/aromatic N) is 1. The van der Waals surface area contributed by atoms with Gasteiger partial charge in [-0.3, -0.25) is 9.69 Å². The van der Waals surface area contributed by atoms with E-state index in [9.17, 15) is 19.8 Å². The quantitative estimate of drug-likeness (QED) is 0.305. The molecule has 0 radical (unpaired) electrons. The molecule has 0 saturated carbocycles. The van der Waals surface area contributed by atoms with Gasteiger partial charge >= 0.3 is 5.97 Å². The Morgan fingerprint density at radius 2 is 1.79 bits per heavy atom. The first-order chi connectivity index (χ1) is 18.1. The molecule has 200 valence electrons. The molecule has 1 aliphatic heterocycles. The molecular weight excluding hydrogens is 547 g/mol. The average molecular weight is 576 g/mol. The number of aliphatic hydroxyl groups excluding tert-OH is 1. The summed E-state index contributed by atoms with van der Waals surface area (Å²) < 4.78 is 0. The maximum atomic E-state index is 13.2. The van der Waals surface area contributed by atoms with Gasteiger partial charge in [-0.2, -0.15) is 0 Å². The molecule has 3 aromatic carbocycles. The largest absolute Gasteiger partial charge is 0.480 e. The number of hydrogen-bond donors (Lipinski definition) is 3. The van der Waals surface area contributed by atoms with Crippen LogP contribution in [0.5, 0.6) is 0 Å². The zero-order valence-electron chi connectivity index (χ0n) is 20.9. The monoisotopic (exact) mass is 574 g/mol. The minimum absolute atomic E-state index is 0.0688. The number of carboxylic acid groups (broad SMARTS) is 1. The van der Waals surface area contributed by atoms with E-state index in [2.05, 4.69) is 5.32 Å². The van der Waals surface area contributed by atoms with Crippen LogP contribution in [0.25, 0.3) is 0 Å². The summed E-state index contributed by atoms with van der Waals surface area (Å²) >= 11 is 19.1. The third-order valence-electron chi connectivity index (χ3n) is 6.81. The zero-order chi connectivity index (χ0) is 27.4. The summed E-state index contributed by atoms with van der Waals surface area (Å²) in [5.41, 5.74) is 4.59. The van der Waals surface area contributed by atoms with Gasteiger partial charge in [0, 0.05) is 24.5 Å². The first-order valence-corrected chi connectivity index (χ1v) is 13.5. The highest BCUT2D eigenvalue weighted by Gasteiger charge is 2.29. The van der Waals surface area contributed by atoms with Crippen molar-refractivity contribution in [2.24, 2.45) is 0 Å². The number of hydrogen-bond acceptors (Lipinski definition) is 4. The number of rotatable bonds is 9. The SMILES string of the molecule is Cc1cccc(C[C@H](NC(=O)c2c(Cl)cc3c(c2Cl)CCN(C(O)CCc2ccc(Cl)cc2)C3)C(=O)O)c1. The summed E-state index contributed by atoms with van der Waals surface area (Å²) in [5.74, 6) is -1.78. The Morgan fingerprint density at radius 1 is 1.05 bits per heavy atom. The molecule has 9 heteroatoms. The van der Waals surface area contributed by atoms with Gasteiger partial charge in [0.05, 0.1) is 15.6 Å². The van der Waals surface area contributed by atoms with Crippen LogP contribution in [-0.2, 0) is 30.6 Å². The predicted octanol–water partition coefficient (Wildman–Crippen LogP) is 5.69. The molecule has 1 amide bonds. The van der Waals surface area contributed by atoms with Crippen LogP contribution in [0.2, 0.25) is 15.1 Å². The van der Waals surface area contributed by atoms with Crippen molar-refractivity contribution < 1.29 is 19.8 Å². The predicted molar refractivity (Wildman–Crippen MR) is 150 cm³/mol. The number of fused-ring (bicyclic) bond motifs is 1. The molecule has 0 bridgehead atoms. The average Bonchev–Trinajstić information content (AvgIpc) is 2.87. The summed E-state index contributed by atoms with van der Waals surface area (Å²) in [4.78, 5) is 27.0. The van der Waals surface area contributed by atoms with Crippen molar-refractivity contribution in [1.29, 1.82) is 0 Å². The lowest BCUT2D eigenvalue weighted by Crippen LogP contribution is -2.43. The Kier molecular flexibility index (Phi) is 9.34. The van der Waals surface area contributed by atoms with Gasteiger partial charge in [0.25, 0.3) is 5.91 Å². The summed E-state index contributed by atoms with van der Waals surface area (Å²) in [6.45, 7) is 2.91. The maximum Gasteiger partial charge on any atom is 0.326 e. The van der Waals surface area contributed by atoms with Crippen molar-refractivity contribution in [2.45, 2.75) is 51.4 Å². The molecule has 1 heterocycles. The van der Waals surface area contributed by atoms with E-state index in [1.54, 1.807) is 6.07 Å². The second-order valence-electron chi connectivity index (χ2n) is 9.61. The van der Waals surface area contributed by atoms with E-state index >= 15 is 0 Å². The minimum Gasteiger partial charge on any atom is -0.480 e. The standard InChI is InChI=1S/C29H29Cl3N2O4/c1-17-3-2-4-19(13-17)14-24(29(37)38)33-28(36)26-23(31)15-20-16-34(12-11-22(20)27(26)32)25(35)10-7-18-5-8-21(30)9-6-18/h2-6,8-9,13,15,24-25,35H,7,10-12,14,16H2,1H3,(H,33,36)(H,37,38)/t24-,25?/m0/s1. The van der Waals surface area contributed by atoms with Gasteiger partial charge in [0.15, 0.2) is 0 Å².